The highest BCUT2D eigenvalue weighted by molar-refractivity contribution is 5.95. The number of aliphatic hydroxyl groups is 1. The minimum atomic E-state index is -1.46. The number of H-pyrrole nitrogens is 1. The van der Waals surface area contributed by atoms with E-state index in [2.05, 4.69) is 25.9 Å². The molecule has 0 saturated heterocycles. The van der Waals surface area contributed by atoms with Crippen LogP contribution in [0.3, 0.4) is 0 Å². The number of nitrogens with one attached hydrogen (secondary N) is 4. The number of aromatic nitrogens is 1. The van der Waals surface area contributed by atoms with Gasteiger partial charge < -0.3 is 53.5 Å². The van der Waals surface area contributed by atoms with E-state index in [0.29, 0.717) is 11.1 Å². The predicted molar refractivity (Wildman–Crippen MR) is 162 cm³/mol. The topological polar surface area (TPSA) is 271 Å². The van der Waals surface area contributed by atoms with Gasteiger partial charge in [-0.1, -0.05) is 30.3 Å². The number of phenolic OH excluding ortho intramolecular Hbond substituents is 1. The number of aliphatic carboxylic acids is 1. The van der Waals surface area contributed by atoms with Gasteiger partial charge in [0, 0.05) is 30.1 Å². The fourth-order valence-electron chi connectivity index (χ4n) is 4.49. The number of carbonyl (C=O) groups excluding carboxylic acids is 3. The summed E-state index contributed by atoms with van der Waals surface area (Å²) in [6.07, 6.45) is 2.01. The Balaban J connectivity index is 1.74. The number of phenols is 1. The van der Waals surface area contributed by atoms with Crippen LogP contribution in [0.1, 0.15) is 24.0 Å². The molecule has 4 unspecified atom stereocenters. The highest BCUT2D eigenvalue weighted by Gasteiger charge is 2.31. The average molecular weight is 611 g/mol. The third-order valence-electron chi connectivity index (χ3n) is 6.84. The van der Waals surface area contributed by atoms with Crippen LogP contribution < -0.4 is 33.2 Å². The number of aliphatic imine (C=N–C) groups is 1. The van der Waals surface area contributed by atoms with E-state index in [1.54, 1.807) is 18.3 Å². The SMILES string of the molecule is NC(N)=NCCCC(NC(=O)C(Cc1c[nH]c2ccccc12)NC(=O)C(CO)NC(=O)C(N)Cc1ccc(O)cc1)C(=O)O. The van der Waals surface area contributed by atoms with Gasteiger partial charge in [0.1, 0.15) is 23.9 Å². The highest BCUT2D eigenvalue weighted by Crippen LogP contribution is 2.19. The van der Waals surface area contributed by atoms with Crippen LogP contribution in [-0.4, -0.2) is 87.3 Å². The summed E-state index contributed by atoms with van der Waals surface area (Å²) in [5, 5.41) is 37.2. The van der Waals surface area contributed by atoms with E-state index in [0.717, 1.165) is 10.9 Å². The number of rotatable bonds is 16. The predicted octanol–water partition coefficient (Wildman–Crippen LogP) is -1.43. The Morgan fingerprint density at radius 3 is 2.16 bits per heavy atom. The van der Waals surface area contributed by atoms with E-state index < -0.39 is 54.5 Å². The van der Waals surface area contributed by atoms with Gasteiger partial charge in [0.05, 0.1) is 12.6 Å². The molecule has 15 heteroatoms. The van der Waals surface area contributed by atoms with E-state index in [1.165, 1.54) is 12.1 Å². The number of hydrogen-bond acceptors (Lipinski definition) is 8. The fraction of sp³-hybridized carbons (Fsp3) is 0.345. The minimum Gasteiger partial charge on any atom is -0.508 e. The second-order valence-corrected chi connectivity index (χ2v) is 10.2. The summed E-state index contributed by atoms with van der Waals surface area (Å²) in [4.78, 5) is 58.2. The normalized spacial score (nSPS) is 13.7. The monoisotopic (exact) mass is 610 g/mol. The molecule has 3 aromatic rings. The van der Waals surface area contributed by atoms with Gasteiger partial charge in [-0.25, -0.2) is 4.79 Å². The van der Waals surface area contributed by atoms with Crippen LogP contribution in [-0.2, 0) is 32.0 Å². The van der Waals surface area contributed by atoms with Gasteiger partial charge in [-0.3, -0.25) is 19.4 Å². The van der Waals surface area contributed by atoms with Crippen molar-refractivity contribution in [2.45, 2.75) is 49.9 Å². The number of aromatic hydroxyl groups is 1. The smallest absolute Gasteiger partial charge is 0.326 e. The standard InChI is InChI=1S/C29H38N8O7/c30-20(12-16-7-9-18(39)10-8-16)25(40)37-24(15-38)27(42)36-23(13-17-14-34-21-5-2-1-4-19(17)21)26(41)35-22(28(43)44)6-3-11-33-29(31)32/h1-2,4-5,7-10,14,20,22-24,34,38-39H,3,6,11-13,15,30H2,(H,35,41)(H,36,42)(H,37,40)(H,43,44)(H4,31,32,33). The van der Waals surface area contributed by atoms with Crippen LogP contribution in [0.4, 0.5) is 0 Å². The third kappa shape index (κ3) is 9.71. The molecule has 13 N–H and O–H groups in total. The van der Waals surface area contributed by atoms with Gasteiger partial charge in [0.25, 0.3) is 0 Å². The number of nitrogens with zero attached hydrogens (tertiary/aromatic N) is 1. The van der Waals surface area contributed by atoms with Crippen molar-refractivity contribution in [1.29, 1.82) is 0 Å². The Bertz CT molecular complexity index is 1470. The van der Waals surface area contributed by atoms with Crippen LogP contribution in [0.15, 0.2) is 59.7 Å². The van der Waals surface area contributed by atoms with E-state index in [9.17, 15) is 34.5 Å². The van der Waals surface area contributed by atoms with Crippen LogP contribution >= 0.6 is 0 Å². The lowest BCUT2D eigenvalue weighted by Gasteiger charge is -2.24. The van der Waals surface area contributed by atoms with E-state index in [4.69, 9.17) is 17.2 Å². The van der Waals surface area contributed by atoms with E-state index in [1.807, 2.05) is 24.3 Å². The number of carboxylic acid groups (broad SMARTS) is 1. The van der Waals surface area contributed by atoms with Crippen molar-refractivity contribution in [2.75, 3.05) is 13.2 Å². The van der Waals surface area contributed by atoms with Crippen molar-refractivity contribution in [2.24, 2.45) is 22.2 Å². The first kappa shape index (κ1) is 33.4. The molecule has 44 heavy (non-hydrogen) atoms. The zero-order valence-corrected chi connectivity index (χ0v) is 23.9. The number of benzene rings is 2. The molecule has 0 fully saturated rings. The molecule has 15 nitrogen and oxygen atoms in total. The summed E-state index contributed by atoms with van der Waals surface area (Å²) < 4.78 is 0. The number of carboxylic acids is 1. The molecule has 0 radical (unpaired) electrons. The number of para-hydroxylation sites is 1. The molecule has 1 heterocycles. The second kappa shape index (κ2) is 15.9. The van der Waals surface area contributed by atoms with Crippen LogP contribution in [0.25, 0.3) is 10.9 Å². The number of aliphatic hydroxyl groups excluding tert-OH is 1. The molecule has 0 aliphatic rings. The Kier molecular flexibility index (Phi) is 12.1. The van der Waals surface area contributed by atoms with Crippen LogP contribution in [0.2, 0.25) is 0 Å². The zero-order chi connectivity index (χ0) is 32.2. The van der Waals surface area contributed by atoms with Crippen LogP contribution in [0.5, 0.6) is 5.75 Å². The van der Waals surface area contributed by atoms with Crippen LogP contribution in [0, 0.1) is 0 Å². The lowest BCUT2D eigenvalue weighted by Crippen LogP contribution is -2.58. The maximum absolute atomic E-state index is 13.4. The first-order chi connectivity index (χ1) is 21.0. The zero-order valence-electron chi connectivity index (χ0n) is 23.9. The van der Waals surface area contributed by atoms with Crippen molar-refractivity contribution in [3.63, 3.8) is 0 Å². The Morgan fingerprint density at radius 1 is 0.864 bits per heavy atom. The first-order valence-corrected chi connectivity index (χ1v) is 13.9. The second-order valence-electron chi connectivity index (χ2n) is 10.2. The average Bonchev–Trinajstić information content (AvgIpc) is 3.40. The molecule has 4 atom stereocenters. The largest absolute Gasteiger partial charge is 0.508 e. The summed E-state index contributed by atoms with van der Waals surface area (Å²) in [6, 6.07) is 8.26. The molecular formula is C29H38N8O7. The summed E-state index contributed by atoms with van der Waals surface area (Å²) in [7, 11) is 0. The molecule has 0 spiro atoms. The number of carbonyl (C=O) groups is 4. The van der Waals surface area contributed by atoms with E-state index in [-0.39, 0.29) is 43.9 Å². The summed E-state index contributed by atoms with van der Waals surface area (Å²) in [5.74, 6) is -3.77. The van der Waals surface area contributed by atoms with Gasteiger partial charge in [0.15, 0.2) is 5.96 Å². The van der Waals surface area contributed by atoms with Gasteiger partial charge in [-0.15, -0.1) is 0 Å². The number of aromatic amines is 1. The molecular weight excluding hydrogens is 572 g/mol. The summed E-state index contributed by atoms with van der Waals surface area (Å²) >= 11 is 0. The molecule has 0 aliphatic carbocycles. The van der Waals surface area contributed by atoms with Crippen molar-refractivity contribution in [3.8, 4) is 5.75 Å². The lowest BCUT2D eigenvalue weighted by atomic mass is 10.0. The van der Waals surface area contributed by atoms with E-state index >= 15 is 0 Å². The summed E-state index contributed by atoms with van der Waals surface area (Å²) in [5.41, 5.74) is 18.7. The van der Waals surface area contributed by atoms with Gasteiger partial charge in [0.2, 0.25) is 17.7 Å². The molecule has 236 valence electrons. The minimum absolute atomic E-state index is 0.0137. The van der Waals surface area contributed by atoms with Crippen molar-refractivity contribution >= 4 is 40.6 Å². The number of fused-ring (bicyclic) bond motifs is 1. The van der Waals surface area contributed by atoms with Crippen molar-refractivity contribution < 1.29 is 34.5 Å². The molecule has 0 bridgehead atoms. The number of guanidine groups is 1. The molecule has 0 aliphatic heterocycles. The number of amides is 3. The lowest BCUT2D eigenvalue weighted by molar-refractivity contribution is -0.142. The quantitative estimate of drug-likeness (QED) is 0.0513. The van der Waals surface area contributed by atoms with Crippen molar-refractivity contribution in [3.05, 3.63) is 65.9 Å². The molecule has 3 amide bonds. The Hall–Kier alpha value is -5.15. The summed E-state index contributed by atoms with van der Waals surface area (Å²) in [6.45, 7) is -0.641. The molecule has 2 aromatic carbocycles. The first-order valence-electron chi connectivity index (χ1n) is 13.9. The van der Waals surface area contributed by atoms with Gasteiger partial charge >= 0.3 is 5.97 Å². The van der Waals surface area contributed by atoms with Gasteiger partial charge in [-0.2, -0.15) is 0 Å². The molecule has 0 saturated carbocycles. The number of hydrogen-bond donors (Lipinski definition) is 10. The Morgan fingerprint density at radius 2 is 1.50 bits per heavy atom. The molecule has 1 aromatic heterocycles. The van der Waals surface area contributed by atoms with Gasteiger partial charge in [-0.05, 0) is 48.6 Å². The maximum atomic E-state index is 13.4. The third-order valence-corrected chi connectivity index (χ3v) is 6.84. The van der Waals surface area contributed by atoms with Crippen molar-refractivity contribution in [1.82, 2.24) is 20.9 Å². The number of nitrogens with two attached hydrogens (primary N) is 3. The Labute approximate surface area is 252 Å². The molecule has 3 rings (SSSR count). The highest BCUT2D eigenvalue weighted by atomic mass is 16.4. The fourth-order valence-corrected chi connectivity index (χ4v) is 4.49. The maximum Gasteiger partial charge on any atom is 0.326 e.